The maximum Gasteiger partial charge on any atom is 0.100 e. The number of benzene rings is 1. The summed E-state index contributed by atoms with van der Waals surface area (Å²) in [5, 5.41) is 1.17. The Kier molecular flexibility index (Phi) is 2.57. The lowest BCUT2D eigenvalue weighted by Gasteiger charge is -2.18. The van der Waals surface area contributed by atoms with E-state index in [-0.39, 0.29) is 5.41 Å². The number of aryl methyl sites for hydroxylation is 1. The van der Waals surface area contributed by atoms with Crippen LogP contribution in [0.4, 0.5) is 0 Å². The van der Waals surface area contributed by atoms with Gasteiger partial charge in [0.15, 0.2) is 0 Å². The van der Waals surface area contributed by atoms with Crippen molar-refractivity contribution in [1.29, 1.82) is 0 Å². The van der Waals surface area contributed by atoms with Gasteiger partial charge in [0, 0.05) is 28.8 Å². The molecule has 0 saturated carbocycles. The van der Waals surface area contributed by atoms with Gasteiger partial charge < -0.3 is 5.73 Å². The van der Waals surface area contributed by atoms with Crippen LogP contribution >= 0.6 is 11.3 Å². The monoisotopic (exact) mass is 258 g/mol. The third-order valence-corrected chi connectivity index (χ3v) is 5.08. The lowest BCUT2D eigenvalue weighted by atomic mass is 9.95. The second kappa shape index (κ2) is 3.90. The standard InChI is InChI=1S/C15H18N2S/c1-9-4-5-10-7-12-13(11(10)6-9)17-14(18-12)15(2,3)8-16/h4-6H,7-8,16H2,1-3H3. The van der Waals surface area contributed by atoms with Crippen molar-refractivity contribution in [2.75, 3.05) is 6.54 Å². The largest absolute Gasteiger partial charge is 0.330 e. The van der Waals surface area contributed by atoms with Crippen LogP contribution in [0.25, 0.3) is 11.3 Å². The highest BCUT2D eigenvalue weighted by atomic mass is 32.1. The Hall–Kier alpha value is -1.19. The zero-order valence-electron chi connectivity index (χ0n) is 11.1. The molecular formula is C15H18N2S. The molecule has 0 spiro atoms. The number of aromatic nitrogens is 1. The minimum Gasteiger partial charge on any atom is -0.330 e. The van der Waals surface area contributed by atoms with Gasteiger partial charge in [0.05, 0.1) is 5.69 Å². The van der Waals surface area contributed by atoms with Crippen molar-refractivity contribution >= 4 is 11.3 Å². The van der Waals surface area contributed by atoms with Crippen molar-refractivity contribution in [1.82, 2.24) is 4.98 Å². The summed E-state index contributed by atoms with van der Waals surface area (Å²) in [5.41, 5.74) is 11.0. The molecule has 0 bridgehead atoms. The molecule has 1 aromatic carbocycles. The number of nitrogens with zero attached hydrogens (tertiary/aromatic N) is 1. The summed E-state index contributed by atoms with van der Waals surface area (Å²) in [5.74, 6) is 0. The molecule has 0 amide bonds. The molecule has 1 aliphatic rings. The molecule has 0 radical (unpaired) electrons. The Morgan fingerprint density at radius 2 is 2.17 bits per heavy atom. The number of nitrogens with two attached hydrogens (primary N) is 1. The van der Waals surface area contributed by atoms with Crippen LogP contribution < -0.4 is 5.73 Å². The fourth-order valence-electron chi connectivity index (χ4n) is 2.30. The third-order valence-electron chi connectivity index (χ3n) is 3.66. The molecular weight excluding hydrogens is 240 g/mol. The highest BCUT2D eigenvalue weighted by Gasteiger charge is 2.29. The molecule has 3 heteroatoms. The predicted octanol–water partition coefficient (Wildman–Crippen LogP) is 3.26. The molecule has 0 unspecified atom stereocenters. The summed E-state index contributed by atoms with van der Waals surface area (Å²) >= 11 is 1.82. The molecule has 2 nitrogen and oxygen atoms in total. The third kappa shape index (κ3) is 1.70. The topological polar surface area (TPSA) is 38.9 Å². The maximum absolute atomic E-state index is 5.84. The SMILES string of the molecule is Cc1ccc2c(c1)-c1nc(C(C)(C)CN)sc1C2. The predicted molar refractivity (Wildman–Crippen MR) is 77.2 cm³/mol. The first kappa shape index (κ1) is 11.9. The highest BCUT2D eigenvalue weighted by Crippen LogP contribution is 2.42. The Labute approximate surface area is 112 Å². The van der Waals surface area contributed by atoms with Gasteiger partial charge in [0.1, 0.15) is 5.01 Å². The lowest BCUT2D eigenvalue weighted by molar-refractivity contribution is 0.536. The Morgan fingerprint density at radius 1 is 1.39 bits per heavy atom. The molecule has 0 fully saturated rings. The zero-order valence-corrected chi connectivity index (χ0v) is 11.9. The molecule has 3 rings (SSSR count). The Morgan fingerprint density at radius 3 is 2.89 bits per heavy atom. The van der Waals surface area contributed by atoms with Crippen molar-refractivity contribution in [3.8, 4) is 11.3 Å². The smallest absolute Gasteiger partial charge is 0.100 e. The van der Waals surface area contributed by atoms with Crippen LogP contribution in [0.3, 0.4) is 0 Å². The summed E-state index contributed by atoms with van der Waals surface area (Å²) in [6, 6.07) is 6.66. The zero-order chi connectivity index (χ0) is 12.9. The second-order valence-corrected chi connectivity index (χ2v) is 6.80. The number of hydrogen-bond donors (Lipinski definition) is 1. The average molecular weight is 258 g/mol. The minimum atomic E-state index is -0.0149. The fourth-order valence-corrected chi connectivity index (χ4v) is 3.51. The van der Waals surface area contributed by atoms with Gasteiger partial charge in [-0.3, -0.25) is 0 Å². The number of rotatable bonds is 2. The molecule has 0 aliphatic heterocycles. The van der Waals surface area contributed by atoms with Gasteiger partial charge in [-0.25, -0.2) is 4.98 Å². The van der Waals surface area contributed by atoms with Gasteiger partial charge in [0.2, 0.25) is 0 Å². The van der Waals surface area contributed by atoms with Crippen LogP contribution in [0.1, 0.15) is 34.9 Å². The first-order valence-corrected chi connectivity index (χ1v) is 7.13. The summed E-state index contributed by atoms with van der Waals surface area (Å²) in [7, 11) is 0. The van der Waals surface area contributed by atoms with E-state index in [4.69, 9.17) is 10.7 Å². The molecule has 1 heterocycles. The number of hydrogen-bond acceptors (Lipinski definition) is 3. The van der Waals surface area contributed by atoms with Crippen molar-refractivity contribution in [2.24, 2.45) is 5.73 Å². The normalized spacial score (nSPS) is 13.6. The van der Waals surface area contributed by atoms with Crippen molar-refractivity contribution in [3.63, 3.8) is 0 Å². The van der Waals surface area contributed by atoms with Gasteiger partial charge in [-0.1, -0.05) is 31.5 Å². The lowest BCUT2D eigenvalue weighted by Crippen LogP contribution is -2.27. The molecule has 2 N–H and O–H groups in total. The van der Waals surface area contributed by atoms with E-state index in [9.17, 15) is 0 Å². The minimum absolute atomic E-state index is 0.0149. The van der Waals surface area contributed by atoms with Crippen LogP contribution in [0.15, 0.2) is 18.2 Å². The number of fused-ring (bicyclic) bond motifs is 3. The van der Waals surface area contributed by atoms with Gasteiger partial charge >= 0.3 is 0 Å². The first-order chi connectivity index (χ1) is 8.51. The van der Waals surface area contributed by atoms with Gasteiger partial charge in [-0.15, -0.1) is 11.3 Å². The summed E-state index contributed by atoms with van der Waals surface area (Å²) in [6.07, 6.45) is 1.03. The van der Waals surface area contributed by atoms with Crippen molar-refractivity contribution in [2.45, 2.75) is 32.6 Å². The molecule has 18 heavy (non-hydrogen) atoms. The molecule has 1 aromatic heterocycles. The van der Waals surface area contributed by atoms with Crippen molar-refractivity contribution in [3.05, 3.63) is 39.2 Å². The van der Waals surface area contributed by atoms with E-state index in [1.54, 1.807) is 0 Å². The van der Waals surface area contributed by atoms with E-state index >= 15 is 0 Å². The molecule has 1 aliphatic carbocycles. The van der Waals surface area contributed by atoms with E-state index in [0.717, 1.165) is 6.42 Å². The van der Waals surface area contributed by atoms with Gasteiger partial charge in [-0.05, 0) is 18.6 Å². The van der Waals surface area contributed by atoms with Crippen LogP contribution in [0, 0.1) is 6.92 Å². The Bertz CT molecular complexity index is 611. The summed E-state index contributed by atoms with van der Waals surface area (Å²) < 4.78 is 0. The van der Waals surface area contributed by atoms with Gasteiger partial charge in [-0.2, -0.15) is 0 Å². The first-order valence-electron chi connectivity index (χ1n) is 6.31. The molecule has 94 valence electrons. The van der Waals surface area contributed by atoms with Crippen LogP contribution in [0.5, 0.6) is 0 Å². The quantitative estimate of drug-likeness (QED) is 0.766. The van der Waals surface area contributed by atoms with E-state index in [2.05, 4.69) is 39.0 Å². The molecule has 0 saturated heterocycles. The maximum atomic E-state index is 5.84. The second-order valence-electron chi connectivity index (χ2n) is 5.72. The van der Waals surface area contributed by atoms with E-state index in [1.807, 2.05) is 11.3 Å². The van der Waals surface area contributed by atoms with Crippen LogP contribution in [0.2, 0.25) is 0 Å². The highest BCUT2D eigenvalue weighted by molar-refractivity contribution is 7.12. The average Bonchev–Trinajstić information content (AvgIpc) is 2.87. The molecule has 0 atom stereocenters. The van der Waals surface area contributed by atoms with E-state index < -0.39 is 0 Å². The van der Waals surface area contributed by atoms with Crippen LogP contribution in [-0.4, -0.2) is 11.5 Å². The van der Waals surface area contributed by atoms with E-state index in [1.165, 1.54) is 32.3 Å². The summed E-state index contributed by atoms with van der Waals surface area (Å²) in [6.45, 7) is 7.10. The Balaban J connectivity index is 2.11. The van der Waals surface area contributed by atoms with Crippen LogP contribution in [-0.2, 0) is 11.8 Å². The van der Waals surface area contributed by atoms with Gasteiger partial charge in [0.25, 0.3) is 0 Å². The fraction of sp³-hybridized carbons (Fsp3) is 0.400. The summed E-state index contributed by atoms with van der Waals surface area (Å²) in [4.78, 5) is 6.25. The van der Waals surface area contributed by atoms with E-state index in [0.29, 0.717) is 6.54 Å². The molecule has 2 aromatic rings. The number of thiazole rings is 1. The van der Waals surface area contributed by atoms with Crippen molar-refractivity contribution < 1.29 is 0 Å².